The first-order valence-corrected chi connectivity index (χ1v) is 11.1. The minimum Gasteiger partial charge on any atom is -0.493 e. The smallest absolute Gasteiger partial charge is 0.257 e. The van der Waals surface area contributed by atoms with Gasteiger partial charge in [-0.2, -0.15) is 5.10 Å². The molecule has 9 heteroatoms. The first-order chi connectivity index (χ1) is 16.5. The van der Waals surface area contributed by atoms with Crippen LogP contribution < -0.4 is 29.0 Å². The summed E-state index contributed by atoms with van der Waals surface area (Å²) in [6.45, 7) is 8.76. The number of carbonyl (C=O) groups is 1. The van der Waals surface area contributed by atoms with Crippen LogP contribution in [0.2, 0.25) is 0 Å². The molecule has 0 saturated heterocycles. The van der Waals surface area contributed by atoms with Crippen LogP contribution in [0.3, 0.4) is 0 Å². The standard InChI is InChI=1S/C25H31N3O6/c1-7-32-20-13-17(14-21(33-8-2)23(20)34-9-3)25(29)26-24-22(15(4)27-28-24)16-10-11-18(30-5)19(12-16)31-6/h10-14H,7-9H2,1-6H3,(H2,26,27,28,29). The van der Waals surface area contributed by atoms with E-state index in [0.29, 0.717) is 59.9 Å². The maximum atomic E-state index is 13.3. The molecule has 0 radical (unpaired) electrons. The predicted octanol–water partition coefficient (Wildman–Crippen LogP) is 4.85. The molecule has 0 bridgehead atoms. The minimum absolute atomic E-state index is 0.356. The Morgan fingerprint density at radius 2 is 1.50 bits per heavy atom. The highest BCUT2D eigenvalue weighted by atomic mass is 16.5. The second-order valence-electron chi connectivity index (χ2n) is 7.20. The normalized spacial score (nSPS) is 10.5. The molecule has 2 aromatic carbocycles. The van der Waals surface area contributed by atoms with Crippen molar-refractivity contribution in [3.05, 3.63) is 41.6 Å². The molecule has 0 spiro atoms. The Hall–Kier alpha value is -3.88. The van der Waals surface area contributed by atoms with Gasteiger partial charge >= 0.3 is 0 Å². The minimum atomic E-state index is -0.363. The number of nitrogens with zero attached hydrogens (tertiary/aromatic N) is 1. The van der Waals surface area contributed by atoms with Crippen molar-refractivity contribution >= 4 is 11.7 Å². The second kappa shape index (κ2) is 11.3. The lowest BCUT2D eigenvalue weighted by molar-refractivity contribution is 0.102. The number of aryl methyl sites for hydroxylation is 1. The molecule has 1 aromatic heterocycles. The van der Waals surface area contributed by atoms with E-state index >= 15 is 0 Å². The van der Waals surface area contributed by atoms with E-state index in [0.717, 1.165) is 16.8 Å². The van der Waals surface area contributed by atoms with Crippen molar-refractivity contribution < 1.29 is 28.5 Å². The van der Waals surface area contributed by atoms with Crippen LogP contribution in [0.15, 0.2) is 30.3 Å². The zero-order valence-electron chi connectivity index (χ0n) is 20.4. The van der Waals surface area contributed by atoms with Crippen molar-refractivity contribution in [3.63, 3.8) is 0 Å². The summed E-state index contributed by atoms with van der Waals surface area (Å²) in [6.07, 6.45) is 0. The molecule has 0 atom stereocenters. The van der Waals surface area contributed by atoms with Gasteiger partial charge in [0.2, 0.25) is 5.75 Å². The lowest BCUT2D eigenvalue weighted by Crippen LogP contribution is -2.14. The fourth-order valence-electron chi connectivity index (χ4n) is 3.56. The number of nitrogens with one attached hydrogen (secondary N) is 2. The Morgan fingerprint density at radius 3 is 2.06 bits per heavy atom. The Balaban J connectivity index is 1.98. The number of amides is 1. The van der Waals surface area contributed by atoms with Crippen molar-refractivity contribution in [2.75, 3.05) is 39.4 Å². The topological polar surface area (TPSA) is 104 Å². The Labute approximate surface area is 199 Å². The third-order valence-electron chi connectivity index (χ3n) is 5.02. The molecule has 1 amide bonds. The van der Waals surface area contributed by atoms with Crippen LogP contribution in [0.1, 0.15) is 36.8 Å². The first kappa shape index (κ1) is 24.8. The number of benzene rings is 2. The van der Waals surface area contributed by atoms with Gasteiger partial charge in [-0.15, -0.1) is 0 Å². The van der Waals surface area contributed by atoms with Crippen LogP contribution in [0.25, 0.3) is 11.1 Å². The van der Waals surface area contributed by atoms with Crippen LogP contribution in [0, 0.1) is 6.92 Å². The zero-order chi connectivity index (χ0) is 24.7. The molecule has 9 nitrogen and oxygen atoms in total. The molecule has 0 aliphatic rings. The molecule has 0 aliphatic heterocycles. The van der Waals surface area contributed by atoms with E-state index in [1.54, 1.807) is 32.4 Å². The molecule has 2 N–H and O–H groups in total. The number of hydrogen-bond acceptors (Lipinski definition) is 7. The van der Waals surface area contributed by atoms with Crippen molar-refractivity contribution in [1.82, 2.24) is 10.2 Å². The molecule has 0 unspecified atom stereocenters. The van der Waals surface area contributed by atoms with Gasteiger partial charge < -0.3 is 29.0 Å². The fraction of sp³-hybridized carbons (Fsp3) is 0.360. The number of methoxy groups -OCH3 is 2. The van der Waals surface area contributed by atoms with Crippen LogP contribution in [-0.4, -0.2) is 50.1 Å². The summed E-state index contributed by atoms with van der Waals surface area (Å²) in [6, 6.07) is 8.81. The summed E-state index contributed by atoms with van der Waals surface area (Å²) >= 11 is 0. The molecule has 1 heterocycles. The van der Waals surface area contributed by atoms with Gasteiger partial charge in [0.15, 0.2) is 28.8 Å². The van der Waals surface area contributed by atoms with Crippen LogP contribution in [0.5, 0.6) is 28.7 Å². The quantitative estimate of drug-likeness (QED) is 0.414. The Morgan fingerprint density at radius 1 is 0.882 bits per heavy atom. The molecule has 182 valence electrons. The van der Waals surface area contributed by atoms with Crippen molar-refractivity contribution in [1.29, 1.82) is 0 Å². The van der Waals surface area contributed by atoms with E-state index in [9.17, 15) is 4.79 Å². The number of aromatic nitrogens is 2. The average molecular weight is 470 g/mol. The van der Waals surface area contributed by atoms with Crippen LogP contribution >= 0.6 is 0 Å². The summed E-state index contributed by atoms with van der Waals surface area (Å²) in [5.74, 6) is 2.58. The van der Waals surface area contributed by atoms with Gasteiger partial charge in [0.05, 0.1) is 34.0 Å². The molecule has 3 rings (SSSR count). The summed E-state index contributed by atoms with van der Waals surface area (Å²) < 4.78 is 27.9. The van der Waals surface area contributed by atoms with Gasteiger partial charge in [-0.3, -0.25) is 9.89 Å². The highest BCUT2D eigenvalue weighted by molar-refractivity contribution is 6.06. The molecule has 3 aromatic rings. The highest BCUT2D eigenvalue weighted by Crippen LogP contribution is 2.40. The van der Waals surface area contributed by atoms with Gasteiger partial charge in [0.25, 0.3) is 5.91 Å². The zero-order valence-corrected chi connectivity index (χ0v) is 20.4. The fourth-order valence-corrected chi connectivity index (χ4v) is 3.56. The van der Waals surface area contributed by atoms with E-state index in [-0.39, 0.29) is 5.91 Å². The van der Waals surface area contributed by atoms with Gasteiger partial charge in [-0.25, -0.2) is 0 Å². The van der Waals surface area contributed by atoms with Crippen molar-refractivity contribution in [3.8, 4) is 39.9 Å². The van der Waals surface area contributed by atoms with Crippen molar-refractivity contribution in [2.45, 2.75) is 27.7 Å². The summed E-state index contributed by atoms with van der Waals surface area (Å²) in [4.78, 5) is 13.3. The van der Waals surface area contributed by atoms with Crippen LogP contribution in [0.4, 0.5) is 5.82 Å². The number of aromatic amines is 1. The van der Waals surface area contributed by atoms with E-state index in [1.165, 1.54) is 0 Å². The summed E-state index contributed by atoms with van der Waals surface area (Å²) in [5.41, 5.74) is 2.71. The second-order valence-corrected chi connectivity index (χ2v) is 7.20. The number of anilines is 1. The Kier molecular flexibility index (Phi) is 8.24. The third-order valence-corrected chi connectivity index (χ3v) is 5.02. The van der Waals surface area contributed by atoms with Crippen molar-refractivity contribution in [2.24, 2.45) is 0 Å². The monoisotopic (exact) mass is 469 g/mol. The number of H-pyrrole nitrogens is 1. The van der Waals surface area contributed by atoms with E-state index < -0.39 is 0 Å². The average Bonchev–Trinajstić information content (AvgIpc) is 3.20. The van der Waals surface area contributed by atoms with E-state index in [1.807, 2.05) is 39.8 Å². The SMILES string of the molecule is CCOc1cc(C(=O)Nc2n[nH]c(C)c2-c2ccc(OC)c(OC)c2)cc(OCC)c1OCC. The van der Waals surface area contributed by atoms with E-state index in [2.05, 4.69) is 15.5 Å². The maximum Gasteiger partial charge on any atom is 0.257 e. The number of rotatable bonds is 11. The van der Waals surface area contributed by atoms with Gasteiger partial charge in [-0.05, 0) is 57.5 Å². The van der Waals surface area contributed by atoms with Crippen LogP contribution in [-0.2, 0) is 0 Å². The molecule has 0 aliphatic carbocycles. The summed E-state index contributed by atoms with van der Waals surface area (Å²) in [5, 5.41) is 10.1. The largest absolute Gasteiger partial charge is 0.493 e. The number of ether oxygens (including phenoxy) is 5. The lowest BCUT2D eigenvalue weighted by atomic mass is 10.0. The molecular formula is C25H31N3O6. The lowest BCUT2D eigenvalue weighted by Gasteiger charge is -2.17. The molecule has 34 heavy (non-hydrogen) atoms. The molecular weight excluding hydrogens is 438 g/mol. The van der Waals surface area contributed by atoms with Gasteiger partial charge in [0.1, 0.15) is 0 Å². The van der Waals surface area contributed by atoms with E-state index in [4.69, 9.17) is 23.7 Å². The van der Waals surface area contributed by atoms with Gasteiger partial charge in [0, 0.05) is 16.8 Å². The summed E-state index contributed by atoms with van der Waals surface area (Å²) in [7, 11) is 3.15. The molecule has 0 saturated carbocycles. The highest BCUT2D eigenvalue weighted by Gasteiger charge is 2.21. The molecule has 0 fully saturated rings. The predicted molar refractivity (Wildman–Crippen MR) is 130 cm³/mol. The van der Waals surface area contributed by atoms with Gasteiger partial charge in [-0.1, -0.05) is 6.07 Å². The first-order valence-electron chi connectivity index (χ1n) is 11.1. The number of carbonyl (C=O) groups excluding carboxylic acids is 1. The number of hydrogen-bond donors (Lipinski definition) is 2. The maximum absolute atomic E-state index is 13.3. The Bertz CT molecular complexity index is 1110. The third kappa shape index (κ3) is 5.19.